The lowest BCUT2D eigenvalue weighted by atomic mass is 10.2. The molecule has 2 aliphatic heterocycles. The third-order valence-electron chi connectivity index (χ3n) is 4.63. The van der Waals surface area contributed by atoms with Crippen LogP contribution in [0.25, 0.3) is 0 Å². The first-order chi connectivity index (χ1) is 11.6. The van der Waals surface area contributed by atoms with Crippen LogP contribution in [0.5, 0.6) is 0 Å². The van der Waals surface area contributed by atoms with Gasteiger partial charge in [0.2, 0.25) is 0 Å². The highest BCUT2D eigenvalue weighted by Gasteiger charge is 2.32. The van der Waals surface area contributed by atoms with Gasteiger partial charge in [-0.05, 0) is 19.3 Å². The number of carbonyl (C=O) groups is 1. The van der Waals surface area contributed by atoms with Crippen LogP contribution in [-0.4, -0.2) is 65.3 Å². The first-order valence-electron chi connectivity index (χ1n) is 8.59. The Labute approximate surface area is 141 Å². The molecular weight excluding hydrogens is 313 g/mol. The quantitative estimate of drug-likeness (QED) is 0.805. The number of alkyl halides is 1. The molecular formula is C16H26FN5O2. The zero-order valence-corrected chi connectivity index (χ0v) is 14.1. The molecule has 0 bridgehead atoms. The lowest BCUT2D eigenvalue weighted by Gasteiger charge is -2.23. The fourth-order valence-corrected chi connectivity index (χ4v) is 3.40. The summed E-state index contributed by atoms with van der Waals surface area (Å²) in [6.07, 6.45) is 5.51. The van der Waals surface area contributed by atoms with Gasteiger partial charge in [-0.25, -0.2) is 9.18 Å². The van der Waals surface area contributed by atoms with Crippen molar-refractivity contribution in [3.8, 4) is 0 Å². The molecule has 134 valence electrons. The standard InChI is InChI=1S/C16H26FN5O2/c1-21-9-12(6-20-21)10-22-11-13(17)5-14(22)7-18-16(23)19-8-15-3-2-4-24-15/h6,9,13-15H,2-5,7-8,10-11H2,1H3,(H2,18,19,23)/t13-,14-,15+/m0/s1. The minimum Gasteiger partial charge on any atom is -0.376 e. The maximum atomic E-state index is 13.8. The highest BCUT2D eigenvalue weighted by molar-refractivity contribution is 5.73. The van der Waals surface area contributed by atoms with Crippen molar-refractivity contribution in [3.05, 3.63) is 18.0 Å². The van der Waals surface area contributed by atoms with Crippen LogP contribution in [0.3, 0.4) is 0 Å². The van der Waals surface area contributed by atoms with E-state index >= 15 is 0 Å². The highest BCUT2D eigenvalue weighted by atomic mass is 19.1. The van der Waals surface area contributed by atoms with Crippen LogP contribution < -0.4 is 10.6 Å². The molecule has 2 N–H and O–H groups in total. The number of nitrogens with one attached hydrogen (secondary N) is 2. The van der Waals surface area contributed by atoms with Crippen LogP contribution in [0.4, 0.5) is 9.18 Å². The maximum Gasteiger partial charge on any atom is 0.314 e. The van der Waals surface area contributed by atoms with Crippen molar-refractivity contribution in [2.24, 2.45) is 7.05 Å². The van der Waals surface area contributed by atoms with Gasteiger partial charge in [-0.3, -0.25) is 9.58 Å². The van der Waals surface area contributed by atoms with E-state index in [1.54, 1.807) is 10.9 Å². The van der Waals surface area contributed by atoms with Crippen LogP contribution in [0.2, 0.25) is 0 Å². The molecule has 0 radical (unpaired) electrons. The van der Waals surface area contributed by atoms with Crippen LogP contribution in [0, 0.1) is 0 Å². The zero-order chi connectivity index (χ0) is 16.9. The summed E-state index contributed by atoms with van der Waals surface area (Å²) in [6.45, 7) is 2.80. The lowest BCUT2D eigenvalue weighted by Crippen LogP contribution is -2.45. The SMILES string of the molecule is Cn1cc(CN2C[C@@H](F)C[C@H]2CNC(=O)NC[C@H]2CCCO2)cn1. The number of amides is 2. The van der Waals surface area contributed by atoms with Crippen LogP contribution >= 0.6 is 0 Å². The normalized spacial score (nSPS) is 27.5. The predicted molar refractivity (Wildman–Crippen MR) is 87.3 cm³/mol. The Kier molecular flexibility index (Phi) is 5.68. The number of carbonyl (C=O) groups excluding carboxylic acids is 1. The molecule has 24 heavy (non-hydrogen) atoms. The van der Waals surface area contributed by atoms with Crippen molar-refractivity contribution in [1.82, 2.24) is 25.3 Å². The summed E-state index contributed by atoms with van der Waals surface area (Å²) in [4.78, 5) is 14.0. The van der Waals surface area contributed by atoms with Crippen molar-refractivity contribution in [2.75, 3.05) is 26.2 Å². The first kappa shape index (κ1) is 17.2. The number of hydrogen-bond donors (Lipinski definition) is 2. The van der Waals surface area contributed by atoms with E-state index in [4.69, 9.17) is 4.74 Å². The molecule has 3 rings (SSSR count). The number of aryl methyl sites for hydroxylation is 1. The number of urea groups is 1. The number of rotatable bonds is 6. The van der Waals surface area contributed by atoms with E-state index in [1.165, 1.54) is 0 Å². The van der Waals surface area contributed by atoms with Crippen molar-refractivity contribution in [2.45, 2.75) is 44.1 Å². The third-order valence-corrected chi connectivity index (χ3v) is 4.63. The van der Waals surface area contributed by atoms with Crippen LogP contribution in [0.15, 0.2) is 12.4 Å². The summed E-state index contributed by atoms with van der Waals surface area (Å²) >= 11 is 0. The monoisotopic (exact) mass is 339 g/mol. The topological polar surface area (TPSA) is 71.4 Å². The Balaban J connectivity index is 1.42. The fourth-order valence-electron chi connectivity index (χ4n) is 3.40. The molecule has 7 nitrogen and oxygen atoms in total. The van der Waals surface area contributed by atoms with Crippen molar-refractivity contribution in [3.63, 3.8) is 0 Å². The fraction of sp³-hybridized carbons (Fsp3) is 0.750. The van der Waals surface area contributed by atoms with Crippen molar-refractivity contribution < 1.29 is 13.9 Å². The third kappa shape index (κ3) is 4.67. The number of nitrogens with zero attached hydrogens (tertiary/aromatic N) is 3. The molecule has 2 aliphatic rings. The van der Waals surface area contributed by atoms with E-state index in [0.717, 1.165) is 25.0 Å². The summed E-state index contributed by atoms with van der Waals surface area (Å²) in [5, 5.41) is 9.83. The molecule has 1 aromatic heterocycles. The van der Waals surface area contributed by atoms with E-state index in [2.05, 4.69) is 20.6 Å². The summed E-state index contributed by atoms with van der Waals surface area (Å²) < 4.78 is 21.0. The molecule has 2 amide bonds. The summed E-state index contributed by atoms with van der Waals surface area (Å²) in [6, 6.07) is -0.206. The van der Waals surface area contributed by atoms with E-state index in [0.29, 0.717) is 32.6 Å². The summed E-state index contributed by atoms with van der Waals surface area (Å²) in [5.41, 5.74) is 1.06. The van der Waals surface area contributed by atoms with E-state index < -0.39 is 6.17 Å². The molecule has 0 unspecified atom stereocenters. The molecule has 2 fully saturated rings. The summed E-state index contributed by atoms with van der Waals surface area (Å²) in [5.74, 6) is 0. The molecule has 3 atom stereocenters. The van der Waals surface area contributed by atoms with Crippen LogP contribution in [0.1, 0.15) is 24.8 Å². The largest absolute Gasteiger partial charge is 0.376 e. The molecule has 1 aromatic rings. The molecule has 0 aliphatic carbocycles. The van der Waals surface area contributed by atoms with Gasteiger partial charge in [0.05, 0.1) is 12.3 Å². The molecule has 0 saturated carbocycles. The van der Waals surface area contributed by atoms with Gasteiger partial charge in [0.25, 0.3) is 0 Å². The molecule has 0 spiro atoms. The average molecular weight is 339 g/mol. The summed E-state index contributed by atoms with van der Waals surface area (Å²) in [7, 11) is 1.86. The van der Waals surface area contributed by atoms with E-state index in [-0.39, 0.29) is 18.2 Å². The van der Waals surface area contributed by atoms with Gasteiger partial charge in [-0.15, -0.1) is 0 Å². The van der Waals surface area contributed by atoms with Gasteiger partial charge in [0.15, 0.2) is 0 Å². The average Bonchev–Trinajstić information content (AvgIpc) is 3.26. The highest BCUT2D eigenvalue weighted by Crippen LogP contribution is 2.22. The predicted octanol–water partition coefficient (Wildman–Crippen LogP) is 0.811. The molecule has 8 heteroatoms. The zero-order valence-electron chi connectivity index (χ0n) is 14.1. The van der Waals surface area contributed by atoms with Crippen molar-refractivity contribution >= 4 is 6.03 Å². The van der Waals surface area contributed by atoms with Gasteiger partial charge in [0, 0.05) is 57.6 Å². The van der Waals surface area contributed by atoms with Gasteiger partial charge in [-0.1, -0.05) is 0 Å². The van der Waals surface area contributed by atoms with Crippen LogP contribution in [-0.2, 0) is 18.3 Å². The van der Waals surface area contributed by atoms with Gasteiger partial charge in [-0.2, -0.15) is 5.10 Å². The second-order valence-electron chi connectivity index (χ2n) is 6.66. The Hall–Kier alpha value is -1.67. The van der Waals surface area contributed by atoms with E-state index in [9.17, 15) is 9.18 Å². The minimum absolute atomic E-state index is 0.00804. The number of aromatic nitrogens is 2. The van der Waals surface area contributed by atoms with Crippen molar-refractivity contribution in [1.29, 1.82) is 0 Å². The minimum atomic E-state index is -0.844. The Morgan fingerprint density at radius 3 is 3.00 bits per heavy atom. The second-order valence-corrected chi connectivity index (χ2v) is 6.66. The smallest absolute Gasteiger partial charge is 0.314 e. The molecule has 3 heterocycles. The first-order valence-corrected chi connectivity index (χ1v) is 8.59. The molecule has 2 saturated heterocycles. The maximum absolute atomic E-state index is 13.8. The Morgan fingerprint density at radius 1 is 1.46 bits per heavy atom. The molecule has 0 aromatic carbocycles. The Morgan fingerprint density at radius 2 is 2.29 bits per heavy atom. The lowest BCUT2D eigenvalue weighted by molar-refractivity contribution is 0.111. The number of hydrogen-bond acceptors (Lipinski definition) is 4. The second kappa shape index (κ2) is 7.94. The number of likely N-dealkylation sites (tertiary alicyclic amines) is 1. The van der Waals surface area contributed by atoms with Gasteiger partial charge < -0.3 is 15.4 Å². The number of ether oxygens (including phenoxy) is 1. The van der Waals surface area contributed by atoms with Gasteiger partial charge in [0.1, 0.15) is 6.17 Å². The van der Waals surface area contributed by atoms with E-state index in [1.807, 2.05) is 13.2 Å². The van der Waals surface area contributed by atoms with Gasteiger partial charge >= 0.3 is 6.03 Å². The number of halogens is 1. The Bertz CT molecular complexity index is 546.